The largest absolute Gasteiger partial charge is 0.452 e. The Morgan fingerprint density at radius 1 is 1.43 bits per heavy atom. The van der Waals surface area contributed by atoms with Crippen molar-refractivity contribution in [2.75, 3.05) is 6.61 Å². The van der Waals surface area contributed by atoms with E-state index < -0.39 is 10.9 Å². The minimum atomic E-state index is -0.725. The number of nitro benzene ring substituents is 1. The second-order valence-corrected chi connectivity index (χ2v) is 5.45. The standard InChI is InChI=1S/C16H18N2O5/c1-11(12-6-7-12)17-15(19)10-23-16(20)9-8-13-4-2-3-5-14(13)18(21)22/h2-5,8-9,11-12H,6-7,10H2,1H3,(H,17,19)/b9-8+/t11-/m1/s1. The number of hydrogen-bond acceptors (Lipinski definition) is 5. The van der Waals surface area contributed by atoms with E-state index in [-0.39, 0.29) is 24.2 Å². The Bertz CT molecular complexity index is 637. The summed E-state index contributed by atoms with van der Waals surface area (Å²) >= 11 is 0. The van der Waals surface area contributed by atoms with Gasteiger partial charge in [0.1, 0.15) is 0 Å². The number of hydrogen-bond donors (Lipinski definition) is 1. The number of para-hydroxylation sites is 1. The second-order valence-electron chi connectivity index (χ2n) is 5.45. The molecule has 0 spiro atoms. The molecule has 1 aliphatic carbocycles. The van der Waals surface area contributed by atoms with Crippen LogP contribution in [-0.4, -0.2) is 29.4 Å². The maximum atomic E-state index is 11.6. The van der Waals surface area contributed by atoms with Crippen molar-refractivity contribution in [3.05, 3.63) is 46.0 Å². The van der Waals surface area contributed by atoms with Gasteiger partial charge in [0.25, 0.3) is 11.6 Å². The molecule has 1 amide bonds. The van der Waals surface area contributed by atoms with Crippen LogP contribution >= 0.6 is 0 Å². The summed E-state index contributed by atoms with van der Waals surface area (Å²) in [6, 6.07) is 6.12. The average molecular weight is 318 g/mol. The van der Waals surface area contributed by atoms with E-state index in [9.17, 15) is 19.7 Å². The lowest BCUT2D eigenvalue weighted by molar-refractivity contribution is -0.385. The summed E-state index contributed by atoms with van der Waals surface area (Å²) in [7, 11) is 0. The van der Waals surface area contributed by atoms with Gasteiger partial charge in [0.05, 0.1) is 10.5 Å². The first kappa shape index (κ1) is 16.7. The van der Waals surface area contributed by atoms with Gasteiger partial charge in [0, 0.05) is 18.2 Å². The Hall–Kier alpha value is -2.70. The third kappa shape index (κ3) is 5.21. The average Bonchev–Trinajstić information content (AvgIpc) is 3.36. The third-order valence-corrected chi connectivity index (χ3v) is 3.60. The molecular formula is C16H18N2O5. The molecule has 122 valence electrons. The van der Waals surface area contributed by atoms with Gasteiger partial charge >= 0.3 is 5.97 Å². The molecule has 0 heterocycles. The summed E-state index contributed by atoms with van der Waals surface area (Å²) in [6.07, 6.45) is 4.59. The van der Waals surface area contributed by atoms with Gasteiger partial charge < -0.3 is 10.1 Å². The van der Waals surface area contributed by atoms with Crippen molar-refractivity contribution in [1.82, 2.24) is 5.32 Å². The van der Waals surface area contributed by atoms with Gasteiger partial charge in [-0.1, -0.05) is 12.1 Å². The van der Waals surface area contributed by atoms with Crippen LogP contribution in [0, 0.1) is 16.0 Å². The number of ether oxygens (including phenoxy) is 1. The van der Waals surface area contributed by atoms with Crippen molar-refractivity contribution in [3.63, 3.8) is 0 Å². The van der Waals surface area contributed by atoms with Crippen molar-refractivity contribution < 1.29 is 19.2 Å². The van der Waals surface area contributed by atoms with Crippen LogP contribution in [0.25, 0.3) is 6.08 Å². The van der Waals surface area contributed by atoms with Gasteiger partial charge in [-0.05, 0) is 37.8 Å². The quantitative estimate of drug-likeness (QED) is 0.359. The normalized spacial score (nSPS) is 15.2. The summed E-state index contributed by atoms with van der Waals surface area (Å²) in [5.74, 6) is -0.553. The smallest absolute Gasteiger partial charge is 0.331 e. The van der Waals surface area contributed by atoms with Gasteiger partial charge in [-0.3, -0.25) is 14.9 Å². The van der Waals surface area contributed by atoms with Gasteiger partial charge in [-0.15, -0.1) is 0 Å². The molecule has 1 aromatic rings. The molecule has 2 rings (SSSR count). The minimum absolute atomic E-state index is 0.0868. The highest BCUT2D eigenvalue weighted by Gasteiger charge is 2.28. The molecule has 0 saturated heterocycles. The first-order valence-electron chi connectivity index (χ1n) is 7.35. The summed E-state index contributed by atoms with van der Waals surface area (Å²) in [5.41, 5.74) is 0.189. The van der Waals surface area contributed by atoms with Crippen molar-refractivity contribution in [2.45, 2.75) is 25.8 Å². The molecule has 1 fully saturated rings. The molecule has 7 heteroatoms. The monoisotopic (exact) mass is 318 g/mol. The fourth-order valence-electron chi connectivity index (χ4n) is 2.15. The summed E-state index contributed by atoms with van der Waals surface area (Å²) in [4.78, 5) is 33.5. The number of nitrogens with one attached hydrogen (secondary N) is 1. The first-order valence-corrected chi connectivity index (χ1v) is 7.35. The van der Waals surface area contributed by atoms with Crippen LogP contribution in [0.1, 0.15) is 25.3 Å². The zero-order chi connectivity index (χ0) is 16.8. The van der Waals surface area contributed by atoms with Gasteiger partial charge in [0.15, 0.2) is 6.61 Å². The van der Waals surface area contributed by atoms with Crippen LogP contribution in [0.2, 0.25) is 0 Å². The summed E-state index contributed by atoms with van der Waals surface area (Å²) in [5, 5.41) is 13.6. The highest BCUT2D eigenvalue weighted by molar-refractivity contribution is 5.89. The van der Waals surface area contributed by atoms with Crippen LogP contribution in [0.15, 0.2) is 30.3 Å². The van der Waals surface area contributed by atoms with Crippen LogP contribution in [0.4, 0.5) is 5.69 Å². The van der Waals surface area contributed by atoms with Crippen LogP contribution in [-0.2, 0) is 14.3 Å². The molecule has 1 saturated carbocycles. The molecule has 1 aliphatic rings. The number of esters is 1. The second kappa shape index (κ2) is 7.53. The van der Waals surface area contributed by atoms with Gasteiger partial charge in [-0.2, -0.15) is 0 Å². The minimum Gasteiger partial charge on any atom is -0.452 e. The SMILES string of the molecule is C[C@@H](NC(=O)COC(=O)/C=C/c1ccccc1[N+](=O)[O-])C1CC1. The number of carbonyl (C=O) groups excluding carboxylic acids is 2. The highest BCUT2D eigenvalue weighted by atomic mass is 16.6. The molecule has 0 aromatic heterocycles. The fraction of sp³-hybridized carbons (Fsp3) is 0.375. The number of nitrogens with zero attached hydrogens (tertiary/aromatic N) is 1. The van der Waals surface area contributed by atoms with Crippen molar-refractivity contribution in [2.24, 2.45) is 5.92 Å². The predicted molar refractivity (Wildman–Crippen MR) is 83.4 cm³/mol. The van der Waals surface area contributed by atoms with E-state index in [1.54, 1.807) is 12.1 Å². The van der Waals surface area contributed by atoms with E-state index in [0.717, 1.165) is 18.9 Å². The lowest BCUT2D eigenvalue weighted by Crippen LogP contribution is -2.36. The lowest BCUT2D eigenvalue weighted by atomic mass is 10.1. The lowest BCUT2D eigenvalue weighted by Gasteiger charge is -2.12. The Morgan fingerprint density at radius 3 is 2.78 bits per heavy atom. The molecule has 1 atom stereocenters. The molecule has 23 heavy (non-hydrogen) atoms. The topological polar surface area (TPSA) is 98.5 Å². The van der Waals surface area contributed by atoms with Crippen molar-refractivity contribution in [3.8, 4) is 0 Å². The highest BCUT2D eigenvalue weighted by Crippen LogP contribution is 2.32. The molecular weight excluding hydrogens is 300 g/mol. The Labute approximate surface area is 133 Å². The number of nitro groups is 1. The van der Waals surface area contributed by atoms with Crippen molar-refractivity contribution in [1.29, 1.82) is 0 Å². The van der Waals surface area contributed by atoms with Crippen LogP contribution < -0.4 is 5.32 Å². The summed E-state index contributed by atoms with van der Waals surface area (Å²) in [6.45, 7) is 1.56. The Kier molecular flexibility index (Phi) is 5.46. The van der Waals surface area contributed by atoms with Gasteiger partial charge in [0.2, 0.25) is 0 Å². The number of benzene rings is 1. The summed E-state index contributed by atoms with van der Waals surface area (Å²) < 4.78 is 4.82. The van der Waals surface area contributed by atoms with E-state index in [0.29, 0.717) is 11.5 Å². The maximum absolute atomic E-state index is 11.6. The molecule has 0 bridgehead atoms. The van der Waals surface area contributed by atoms with E-state index in [4.69, 9.17) is 4.74 Å². The van der Waals surface area contributed by atoms with E-state index >= 15 is 0 Å². The molecule has 0 aliphatic heterocycles. The first-order chi connectivity index (χ1) is 11.0. The van der Waals surface area contributed by atoms with E-state index in [1.165, 1.54) is 18.2 Å². The Balaban J connectivity index is 1.82. The fourth-order valence-corrected chi connectivity index (χ4v) is 2.15. The predicted octanol–water partition coefficient (Wildman–Crippen LogP) is 2.07. The molecule has 1 aromatic carbocycles. The number of rotatable bonds is 7. The van der Waals surface area contributed by atoms with Crippen LogP contribution in [0.5, 0.6) is 0 Å². The zero-order valence-electron chi connectivity index (χ0n) is 12.7. The Morgan fingerprint density at radius 2 is 2.13 bits per heavy atom. The van der Waals surface area contributed by atoms with Crippen molar-refractivity contribution >= 4 is 23.6 Å². The van der Waals surface area contributed by atoms with E-state index in [2.05, 4.69) is 5.32 Å². The molecule has 0 unspecified atom stereocenters. The molecule has 0 radical (unpaired) electrons. The number of amides is 1. The maximum Gasteiger partial charge on any atom is 0.331 e. The van der Waals surface area contributed by atoms with E-state index in [1.807, 2.05) is 6.92 Å². The third-order valence-electron chi connectivity index (χ3n) is 3.60. The number of carbonyl (C=O) groups is 2. The van der Waals surface area contributed by atoms with Crippen LogP contribution in [0.3, 0.4) is 0 Å². The zero-order valence-corrected chi connectivity index (χ0v) is 12.7. The molecule has 1 N–H and O–H groups in total. The van der Waals surface area contributed by atoms with Gasteiger partial charge in [-0.25, -0.2) is 4.79 Å². The molecule has 7 nitrogen and oxygen atoms in total.